The van der Waals surface area contributed by atoms with Crippen molar-refractivity contribution < 1.29 is 9.53 Å². The monoisotopic (exact) mass is 370 g/mol. The van der Waals surface area contributed by atoms with Crippen LogP contribution in [-0.4, -0.2) is 24.5 Å². The number of ether oxygens (including phenoxy) is 1. The Labute approximate surface area is 158 Å². The number of H-pyrrole nitrogens is 1. The van der Waals surface area contributed by atoms with E-state index < -0.39 is 5.41 Å². The topological polar surface area (TPSA) is 54.1 Å². The first-order valence-corrected chi connectivity index (χ1v) is 8.98. The number of nitrogens with one attached hydrogen (secondary N) is 2. The molecule has 1 aromatic heterocycles. The summed E-state index contributed by atoms with van der Waals surface area (Å²) in [7, 11) is 1.64. The number of methoxy groups -OCH3 is 1. The first kappa shape index (κ1) is 18.3. The van der Waals surface area contributed by atoms with Crippen molar-refractivity contribution in [3.8, 4) is 5.75 Å². The third-order valence-electron chi connectivity index (χ3n) is 4.72. The summed E-state index contributed by atoms with van der Waals surface area (Å²) in [6, 6.07) is 13.5. The van der Waals surface area contributed by atoms with Crippen LogP contribution in [-0.2, 0) is 16.6 Å². The second-order valence-corrected chi connectivity index (χ2v) is 7.31. The van der Waals surface area contributed by atoms with Gasteiger partial charge in [-0.25, -0.2) is 0 Å². The van der Waals surface area contributed by atoms with Crippen molar-refractivity contribution in [2.75, 3.05) is 13.7 Å². The molecule has 26 heavy (non-hydrogen) atoms. The van der Waals surface area contributed by atoms with Gasteiger partial charge in [0.1, 0.15) is 5.75 Å². The van der Waals surface area contributed by atoms with E-state index in [2.05, 4.69) is 10.3 Å². The number of aromatic amines is 1. The highest BCUT2D eigenvalue weighted by atomic mass is 35.5. The Balaban J connectivity index is 1.73. The highest BCUT2D eigenvalue weighted by Crippen LogP contribution is 2.32. The van der Waals surface area contributed by atoms with Crippen molar-refractivity contribution in [2.45, 2.75) is 25.7 Å². The molecule has 2 N–H and O–H groups in total. The van der Waals surface area contributed by atoms with Gasteiger partial charge in [-0.1, -0.05) is 23.7 Å². The van der Waals surface area contributed by atoms with E-state index in [-0.39, 0.29) is 5.91 Å². The predicted octanol–water partition coefficient (Wildman–Crippen LogP) is 4.47. The summed E-state index contributed by atoms with van der Waals surface area (Å²) < 4.78 is 5.32. The first-order valence-electron chi connectivity index (χ1n) is 8.60. The van der Waals surface area contributed by atoms with Crippen molar-refractivity contribution in [2.24, 2.45) is 0 Å². The number of hydrogen-bond acceptors (Lipinski definition) is 2. The third kappa shape index (κ3) is 3.70. The van der Waals surface area contributed by atoms with Gasteiger partial charge >= 0.3 is 0 Å². The molecule has 0 saturated heterocycles. The van der Waals surface area contributed by atoms with Crippen molar-refractivity contribution in [3.63, 3.8) is 0 Å². The van der Waals surface area contributed by atoms with Gasteiger partial charge in [-0.05, 0) is 61.7 Å². The van der Waals surface area contributed by atoms with Gasteiger partial charge in [0.15, 0.2) is 0 Å². The van der Waals surface area contributed by atoms with Gasteiger partial charge in [-0.2, -0.15) is 0 Å². The summed E-state index contributed by atoms with van der Waals surface area (Å²) in [6.07, 6.45) is 2.64. The smallest absolute Gasteiger partial charge is 0.230 e. The van der Waals surface area contributed by atoms with Crippen LogP contribution in [0.25, 0.3) is 10.9 Å². The number of rotatable bonds is 6. The Morgan fingerprint density at radius 3 is 2.77 bits per heavy atom. The Morgan fingerprint density at radius 1 is 1.23 bits per heavy atom. The molecule has 3 rings (SSSR count). The average molecular weight is 371 g/mol. The molecule has 1 amide bonds. The highest BCUT2D eigenvalue weighted by Gasteiger charge is 2.32. The zero-order chi connectivity index (χ0) is 18.7. The van der Waals surface area contributed by atoms with E-state index in [1.807, 2.05) is 62.5 Å². The Morgan fingerprint density at radius 2 is 2.04 bits per heavy atom. The van der Waals surface area contributed by atoms with Gasteiger partial charge in [0.05, 0.1) is 12.5 Å². The third-order valence-corrected chi connectivity index (χ3v) is 4.95. The van der Waals surface area contributed by atoms with E-state index in [1.165, 1.54) is 0 Å². The van der Waals surface area contributed by atoms with E-state index in [0.717, 1.165) is 34.2 Å². The SMILES string of the molecule is COc1ccc2[nH]cc(C(C)(C)C(=O)NCCc3cccc(Cl)c3)c2c1. The molecule has 0 saturated carbocycles. The first-order chi connectivity index (χ1) is 12.4. The number of hydrogen-bond donors (Lipinski definition) is 2. The predicted molar refractivity (Wildman–Crippen MR) is 106 cm³/mol. The molecule has 5 heteroatoms. The molecule has 0 aliphatic heterocycles. The second-order valence-electron chi connectivity index (χ2n) is 6.87. The number of fused-ring (bicyclic) bond motifs is 1. The summed E-state index contributed by atoms with van der Waals surface area (Å²) in [5, 5.41) is 4.75. The largest absolute Gasteiger partial charge is 0.497 e. The van der Waals surface area contributed by atoms with E-state index in [1.54, 1.807) is 7.11 Å². The number of halogens is 1. The molecule has 0 aliphatic carbocycles. The van der Waals surface area contributed by atoms with Gasteiger partial charge in [-0.15, -0.1) is 0 Å². The fourth-order valence-electron chi connectivity index (χ4n) is 3.10. The number of carbonyl (C=O) groups is 1. The molecule has 136 valence electrons. The minimum absolute atomic E-state index is 0.0109. The van der Waals surface area contributed by atoms with Crippen molar-refractivity contribution in [1.82, 2.24) is 10.3 Å². The lowest BCUT2D eigenvalue weighted by Crippen LogP contribution is -2.40. The molecule has 1 heterocycles. The molecule has 0 unspecified atom stereocenters. The molecular weight excluding hydrogens is 348 g/mol. The number of benzene rings is 2. The van der Waals surface area contributed by atoms with Crippen LogP contribution in [0.4, 0.5) is 0 Å². The average Bonchev–Trinajstić information content (AvgIpc) is 3.05. The molecular formula is C21H23ClN2O2. The van der Waals surface area contributed by atoms with Crippen LogP contribution in [0.5, 0.6) is 5.75 Å². The van der Waals surface area contributed by atoms with Crippen LogP contribution in [0, 0.1) is 0 Å². The summed E-state index contributed by atoms with van der Waals surface area (Å²) in [4.78, 5) is 16.1. The molecule has 0 spiro atoms. The highest BCUT2D eigenvalue weighted by molar-refractivity contribution is 6.30. The summed E-state index contributed by atoms with van der Waals surface area (Å²) >= 11 is 6.01. The quantitative estimate of drug-likeness (QED) is 0.672. The molecule has 2 aromatic carbocycles. The van der Waals surface area contributed by atoms with Crippen LogP contribution >= 0.6 is 11.6 Å². The molecule has 0 radical (unpaired) electrons. The minimum Gasteiger partial charge on any atom is -0.497 e. The Bertz CT molecular complexity index is 931. The Hall–Kier alpha value is -2.46. The van der Waals surface area contributed by atoms with Gasteiger partial charge in [0.25, 0.3) is 0 Å². The molecule has 0 aliphatic rings. The van der Waals surface area contributed by atoms with Gasteiger partial charge < -0.3 is 15.0 Å². The van der Waals surface area contributed by atoms with Crippen LogP contribution in [0.2, 0.25) is 5.02 Å². The maximum absolute atomic E-state index is 12.8. The number of carbonyl (C=O) groups excluding carboxylic acids is 1. The van der Waals surface area contributed by atoms with Gasteiger partial charge in [0, 0.05) is 28.7 Å². The van der Waals surface area contributed by atoms with Crippen LogP contribution in [0.3, 0.4) is 0 Å². The maximum atomic E-state index is 12.8. The van der Waals surface area contributed by atoms with E-state index in [4.69, 9.17) is 16.3 Å². The molecule has 0 bridgehead atoms. The van der Waals surface area contributed by atoms with Crippen molar-refractivity contribution in [3.05, 3.63) is 64.8 Å². The fourth-order valence-corrected chi connectivity index (χ4v) is 3.31. The Kier molecular flexibility index (Phi) is 5.23. The van der Waals surface area contributed by atoms with Crippen molar-refractivity contribution in [1.29, 1.82) is 0 Å². The van der Waals surface area contributed by atoms with E-state index >= 15 is 0 Å². The molecule has 0 atom stereocenters. The van der Waals surface area contributed by atoms with Crippen LogP contribution in [0.15, 0.2) is 48.7 Å². The summed E-state index contributed by atoms with van der Waals surface area (Å²) in [5.74, 6) is 0.763. The molecule has 0 fully saturated rings. The molecule has 3 aromatic rings. The normalized spacial score (nSPS) is 11.5. The zero-order valence-electron chi connectivity index (χ0n) is 15.2. The maximum Gasteiger partial charge on any atom is 0.230 e. The van der Waals surface area contributed by atoms with Crippen LogP contribution in [0.1, 0.15) is 25.0 Å². The van der Waals surface area contributed by atoms with Gasteiger partial charge in [-0.3, -0.25) is 4.79 Å². The zero-order valence-corrected chi connectivity index (χ0v) is 16.0. The second kappa shape index (κ2) is 7.42. The molecule has 4 nitrogen and oxygen atoms in total. The van der Waals surface area contributed by atoms with E-state index in [0.29, 0.717) is 11.6 Å². The number of aromatic nitrogens is 1. The lowest BCUT2D eigenvalue weighted by atomic mass is 9.83. The van der Waals surface area contributed by atoms with E-state index in [9.17, 15) is 4.79 Å². The van der Waals surface area contributed by atoms with Crippen molar-refractivity contribution >= 4 is 28.4 Å². The standard InChI is InChI=1S/C21H23ClN2O2/c1-21(2,18-13-24-19-8-7-16(26-3)12-17(18)19)20(25)23-10-9-14-5-4-6-15(22)11-14/h4-8,11-13,24H,9-10H2,1-3H3,(H,23,25). The lowest BCUT2D eigenvalue weighted by Gasteiger charge is -2.23. The van der Waals surface area contributed by atoms with Gasteiger partial charge in [0.2, 0.25) is 5.91 Å². The number of amides is 1. The minimum atomic E-state index is -0.668. The van der Waals surface area contributed by atoms with Crippen LogP contribution < -0.4 is 10.1 Å². The summed E-state index contributed by atoms with van der Waals surface area (Å²) in [5.41, 5.74) is 2.37. The lowest BCUT2D eigenvalue weighted by molar-refractivity contribution is -0.125. The summed E-state index contributed by atoms with van der Waals surface area (Å²) in [6.45, 7) is 4.43. The fraction of sp³-hybridized carbons (Fsp3) is 0.286.